The predicted octanol–water partition coefficient (Wildman–Crippen LogP) is 5.17. The maximum atomic E-state index is 14.7. The maximum absolute atomic E-state index is 14.7. The Morgan fingerprint density at radius 1 is 1.05 bits per heavy atom. The molecular weight excluding hydrogens is 565 g/mol. The van der Waals surface area contributed by atoms with Gasteiger partial charge in [0.05, 0.1) is 35.9 Å². The highest BCUT2D eigenvalue weighted by atomic mass is 19.1. The van der Waals surface area contributed by atoms with Crippen molar-refractivity contribution in [3.8, 4) is 22.9 Å². The van der Waals surface area contributed by atoms with E-state index in [0.717, 1.165) is 22.2 Å². The van der Waals surface area contributed by atoms with Crippen molar-refractivity contribution in [3.05, 3.63) is 81.5 Å². The molecule has 0 spiro atoms. The molecule has 0 fully saturated rings. The second-order valence-electron chi connectivity index (χ2n) is 12.5. The molecule has 0 saturated heterocycles. The zero-order valence-electron chi connectivity index (χ0n) is 25.6. The number of ether oxygens (including phenoxy) is 2. The number of carbonyl (C=O) groups is 1. The average Bonchev–Trinajstić information content (AvgIpc) is 3.66. The van der Waals surface area contributed by atoms with E-state index in [-0.39, 0.29) is 11.5 Å². The number of fused-ring (bicyclic) bond motifs is 1. The molecule has 0 saturated carbocycles. The summed E-state index contributed by atoms with van der Waals surface area (Å²) in [7, 11) is 0. The summed E-state index contributed by atoms with van der Waals surface area (Å²) in [6.45, 7) is 12.4. The molecule has 7 rings (SSSR count). The molecule has 11 nitrogen and oxygen atoms in total. The number of rotatable bonds is 3. The van der Waals surface area contributed by atoms with Crippen molar-refractivity contribution >= 4 is 17.0 Å². The Labute approximate surface area is 253 Å². The van der Waals surface area contributed by atoms with Crippen LogP contribution in [-0.2, 0) is 17.7 Å². The SMILES string of the molecule is Cc1cc(-n2nc3c(c2-n2ccn(-c4cc5c6c(cnn6CCO5)c4)c2=O)[C@H](C)N(C(=O)OC(C)(C)C)CC3)cc(C)c1F. The summed E-state index contributed by atoms with van der Waals surface area (Å²) in [5, 5.41) is 10.3. The maximum Gasteiger partial charge on any atom is 0.410 e. The zero-order chi connectivity index (χ0) is 31.1. The van der Waals surface area contributed by atoms with Crippen LogP contribution >= 0.6 is 0 Å². The lowest BCUT2D eigenvalue weighted by Crippen LogP contribution is -2.42. The fourth-order valence-electron chi connectivity index (χ4n) is 6.25. The van der Waals surface area contributed by atoms with Gasteiger partial charge in [0.15, 0.2) is 0 Å². The van der Waals surface area contributed by atoms with Crippen LogP contribution in [0.1, 0.15) is 56.1 Å². The Kier molecular flexibility index (Phi) is 6.24. The van der Waals surface area contributed by atoms with Crippen LogP contribution in [0, 0.1) is 19.7 Å². The third kappa shape index (κ3) is 4.39. The van der Waals surface area contributed by atoms with E-state index in [4.69, 9.17) is 14.6 Å². The van der Waals surface area contributed by atoms with Crippen molar-refractivity contribution in [2.24, 2.45) is 0 Å². The van der Waals surface area contributed by atoms with Gasteiger partial charge >= 0.3 is 11.8 Å². The van der Waals surface area contributed by atoms with Crippen LogP contribution in [0.5, 0.6) is 5.75 Å². The van der Waals surface area contributed by atoms with E-state index in [2.05, 4.69) is 5.10 Å². The number of carbonyl (C=O) groups excluding carboxylic acids is 1. The molecule has 2 aromatic carbocycles. The van der Waals surface area contributed by atoms with E-state index in [1.54, 1.807) is 58.7 Å². The number of amides is 1. The number of hydrogen-bond donors (Lipinski definition) is 0. The molecule has 0 radical (unpaired) electrons. The van der Waals surface area contributed by atoms with Gasteiger partial charge in [0.1, 0.15) is 35.1 Å². The molecule has 0 N–H and O–H groups in total. The topological polar surface area (TPSA) is 101 Å². The monoisotopic (exact) mass is 599 g/mol. The summed E-state index contributed by atoms with van der Waals surface area (Å²) in [6, 6.07) is 6.75. The smallest absolute Gasteiger partial charge is 0.410 e. The molecule has 0 aliphatic carbocycles. The van der Waals surface area contributed by atoms with Gasteiger partial charge in [-0.3, -0.25) is 13.8 Å². The normalized spacial score (nSPS) is 16.2. The van der Waals surface area contributed by atoms with Crippen molar-refractivity contribution in [3.63, 3.8) is 0 Å². The van der Waals surface area contributed by atoms with Gasteiger partial charge in [-0.1, -0.05) is 0 Å². The Hall–Kier alpha value is -4.87. The summed E-state index contributed by atoms with van der Waals surface area (Å²) >= 11 is 0. The number of halogens is 1. The number of benzene rings is 2. The molecular formula is C32H34FN7O4. The van der Waals surface area contributed by atoms with E-state index in [1.807, 2.05) is 44.5 Å². The molecule has 0 unspecified atom stereocenters. The summed E-state index contributed by atoms with van der Waals surface area (Å²) in [5.74, 6) is 0.869. The Balaban J connectivity index is 1.41. The van der Waals surface area contributed by atoms with Gasteiger partial charge < -0.3 is 14.4 Å². The lowest BCUT2D eigenvalue weighted by atomic mass is 10.00. The van der Waals surface area contributed by atoms with Crippen molar-refractivity contribution in [2.45, 2.75) is 66.2 Å². The fraction of sp³-hybridized carbons (Fsp3) is 0.375. The molecule has 1 atom stereocenters. The molecule has 44 heavy (non-hydrogen) atoms. The van der Waals surface area contributed by atoms with E-state index in [0.29, 0.717) is 60.2 Å². The van der Waals surface area contributed by atoms with Crippen molar-refractivity contribution in [2.75, 3.05) is 13.2 Å². The largest absolute Gasteiger partial charge is 0.489 e. The lowest BCUT2D eigenvalue weighted by Gasteiger charge is -2.34. The Bertz CT molecular complexity index is 2000. The van der Waals surface area contributed by atoms with Crippen LogP contribution in [0.15, 0.2) is 47.7 Å². The van der Waals surface area contributed by atoms with Gasteiger partial charge in [0.2, 0.25) is 0 Å². The number of imidazole rings is 1. The fourth-order valence-corrected chi connectivity index (χ4v) is 6.25. The van der Waals surface area contributed by atoms with Gasteiger partial charge in [0, 0.05) is 42.4 Å². The molecule has 12 heteroatoms. The van der Waals surface area contributed by atoms with Gasteiger partial charge in [-0.25, -0.2) is 18.7 Å². The Morgan fingerprint density at radius 3 is 2.50 bits per heavy atom. The van der Waals surface area contributed by atoms with Gasteiger partial charge in [0.25, 0.3) is 0 Å². The molecule has 2 aliphatic rings. The van der Waals surface area contributed by atoms with Crippen LogP contribution in [-0.4, -0.2) is 58.4 Å². The molecule has 5 aromatic rings. The van der Waals surface area contributed by atoms with Crippen LogP contribution in [0.3, 0.4) is 0 Å². The van der Waals surface area contributed by atoms with Crippen LogP contribution in [0.4, 0.5) is 9.18 Å². The Morgan fingerprint density at radius 2 is 1.77 bits per heavy atom. The highest BCUT2D eigenvalue weighted by Crippen LogP contribution is 2.37. The van der Waals surface area contributed by atoms with Crippen molar-refractivity contribution in [1.82, 2.24) is 33.6 Å². The van der Waals surface area contributed by atoms with Crippen molar-refractivity contribution < 1.29 is 18.7 Å². The highest BCUT2D eigenvalue weighted by Gasteiger charge is 2.37. The minimum absolute atomic E-state index is 0.287. The quantitative estimate of drug-likeness (QED) is 0.284. The first-order chi connectivity index (χ1) is 20.9. The summed E-state index contributed by atoms with van der Waals surface area (Å²) in [4.78, 5) is 29.2. The minimum atomic E-state index is -0.665. The first-order valence-corrected chi connectivity index (χ1v) is 14.7. The standard InChI is InChI=1S/C32H34FN7O4/c1-18-13-23(14-19(2)27(18)33)40-29(26-20(3)36(8-7-24(26)35-40)31(42)44-32(4,5)6)38-10-9-37(30(38)41)22-15-21-17-34-39-11-12-43-25(16-22)28(21)39/h9-10,13-17,20H,7-8,11-12H2,1-6H3/t20-/m0/s1. The summed E-state index contributed by atoms with van der Waals surface area (Å²) < 4.78 is 33.0. The zero-order valence-corrected chi connectivity index (χ0v) is 25.6. The second-order valence-corrected chi connectivity index (χ2v) is 12.5. The first-order valence-electron chi connectivity index (χ1n) is 14.7. The van der Waals surface area contributed by atoms with Crippen LogP contribution in [0.25, 0.3) is 28.1 Å². The molecule has 228 valence electrons. The van der Waals surface area contributed by atoms with Gasteiger partial charge in [-0.15, -0.1) is 0 Å². The predicted molar refractivity (Wildman–Crippen MR) is 162 cm³/mol. The van der Waals surface area contributed by atoms with Crippen molar-refractivity contribution in [1.29, 1.82) is 0 Å². The minimum Gasteiger partial charge on any atom is -0.489 e. The highest BCUT2D eigenvalue weighted by molar-refractivity contribution is 5.87. The van der Waals surface area contributed by atoms with E-state index in [9.17, 15) is 14.0 Å². The molecule has 1 amide bonds. The lowest BCUT2D eigenvalue weighted by molar-refractivity contribution is 0.0159. The summed E-state index contributed by atoms with van der Waals surface area (Å²) in [6.07, 6.45) is 5.20. The molecule has 0 bridgehead atoms. The molecule has 2 aliphatic heterocycles. The number of nitrogens with zero attached hydrogens (tertiary/aromatic N) is 7. The van der Waals surface area contributed by atoms with Crippen LogP contribution < -0.4 is 10.4 Å². The number of hydrogen-bond acceptors (Lipinski definition) is 6. The van der Waals surface area contributed by atoms with Crippen LogP contribution in [0.2, 0.25) is 0 Å². The third-order valence-corrected chi connectivity index (χ3v) is 8.27. The van der Waals surface area contributed by atoms with E-state index in [1.165, 1.54) is 4.57 Å². The van der Waals surface area contributed by atoms with E-state index < -0.39 is 17.7 Å². The van der Waals surface area contributed by atoms with E-state index >= 15 is 0 Å². The molecule has 5 heterocycles. The number of aromatic nitrogens is 6. The first kappa shape index (κ1) is 27.9. The molecule has 3 aromatic heterocycles. The average molecular weight is 600 g/mol. The van der Waals surface area contributed by atoms with Gasteiger partial charge in [-0.2, -0.15) is 10.2 Å². The number of aryl methyl sites for hydroxylation is 2. The summed E-state index contributed by atoms with van der Waals surface area (Å²) in [5.41, 5.74) is 3.59. The second kappa shape index (κ2) is 9.83. The van der Waals surface area contributed by atoms with Gasteiger partial charge in [-0.05, 0) is 70.9 Å². The third-order valence-electron chi connectivity index (χ3n) is 8.27.